The molecule has 1 aromatic rings. The molecule has 1 unspecified atom stereocenters. The lowest BCUT2D eigenvalue weighted by Crippen LogP contribution is -2.35. The summed E-state index contributed by atoms with van der Waals surface area (Å²) in [5.74, 6) is 0. The normalized spacial score (nSPS) is 13.5. The van der Waals surface area contributed by atoms with E-state index in [0.29, 0.717) is 31.6 Å². The number of anilines is 1. The van der Waals surface area contributed by atoms with Gasteiger partial charge in [-0.05, 0) is 31.0 Å². The maximum Gasteiger partial charge on any atom is 0.242 e. The van der Waals surface area contributed by atoms with Crippen LogP contribution in [0.1, 0.15) is 19.8 Å². The SMILES string of the molecule is CCC(CCO)NS(=O)(=O)c1ccc(Br)cc1NCCN=S(C)(C)=O. The summed E-state index contributed by atoms with van der Waals surface area (Å²) in [7, 11) is -5.92. The Bertz CT molecular complexity index is 782. The van der Waals surface area contributed by atoms with Crippen LogP contribution in [0.4, 0.5) is 5.69 Å². The number of aliphatic hydroxyl groups is 1. The Morgan fingerprint density at radius 1 is 1.28 bits per heavy atom. The summed E-state index contributed by atoms with van der Waals surface area (Å²) in [5.41, 5.74) is 0.439. The molecule has 0 amide bonds. The summed E-state index contributed by atoms with van der Waals surface area (Å²) in [6.07, 6.45) is 4.05. The van der Waals surface area contributed by atoms with Gasteiger partial charge in [-0.25, -0.2) is 17.5 Å². The highest BCUT2D eigenvalue weighted by atomic mass is 79.9. The van der Waals surface area contributed by atoms with Gasteiger partial charge in [-0.1, -0.05) is 22.9 Å². The molecule has 0 saturated heterocycles. The van der Waals surface area contributed by atoms with E-state index in [1.807, 2.05) is 6.92 Å². The van der Waals surface area contributed by atoms with Crippen LogP contribution in [0.25, 0.3) is 0 Å². The molecule has 0 aliphatic heterocycles. The summed E-state index contributed by atoms with van der Waals surface area (Å²) in [6.45, 7) is 2.46. The van der Waals surface area contributed by atoms with Crippen LogP contribution in [0.15, 0.2) is 31.9 Å². The van der Waals surface area contributed by atoms with Crippen LogP contribution < -0.4 is 10.0 Å². The third kappa shape index (κ3) is 8.04. The van der Waals surface area contributed by atoms with Crippen molar-refractivity contribution >= 4 is 41.4 Å². The summed E-state index contributed by atoms with van der Waals surface area (Å²) >= 11 is 3.34. The fourth-order valence-electron chi connectivity index (χ4n) is 2.12. The average Bonchev–Trinajstić information content (AvgIpc) is 2.50. The van der Waals surface area contributed by atoms with E-state index in [9.17, 15) is 12.6 Å². The third-order valence-corrected chi connectivity index (χ3v) is 6.23. The van der Waals surface area contributed by atoms with E-state index in [1.165, 1.54) is 6.07 Å². The van der Waals surface area contributed by atoms with Gasteiger partial charge in [0.1, 0.15) is 4.90 Å². The van der Waals surface area contributed by atoms with Crippen LogP contribution in [0.3, 0.4) is 0 Å². The number of halogens is 1. The number of rotatable bonds is 10. The summed E-state index contributed by atoms with van der Waals surface area (Å²) in [6, 6.07) is 4.52. The molecule has 0 fully saturated rings. The maximum atomic E-state index is 12.7. The Morgan fingerprint density at radius 3 is 2.52 bits per heavy atom. The quantitative estimate of drug-likeness (QED) is 0.467. The van der Waals surface area contributed by atoms with Gasteiger partial charge in [0.2, 0.25) is 10.0 Å². The van der Waals surface area contributed by atoms with Gasteiger partial charge in [0.05, 0.1) is 12.2 Å². The smallest absolute Gasteiger partial charge is 0.242 e. The second kappa shape index (κ2) is 9.86. The fraction of sp³-hybridized carbons (Fsp3) is 0.600. The lowest BCUT2D eigenvalue weighted by Gasteiger charge is -2.18. The molecular formula is C15H26BrN3O4S2. The molecule has 0 saturated carbocycles. The highest BCUT2D eigenvalue weighted by Crippen LogP contribution is 2.26. The number of benzene rings is 1. The molecule has 3 N–H and O–H groups in total. The number of nitrogens with zero attached hydrogens (tertiary/aromatic N) is 1. The van der Waals surface area contributed by atoms with Crippen molar-refractivity contribution in [1.82, 2.24) is 4.72 Å². The number of aliphatic hydroxyl groups excluding tert-OH is 1. The van der Waals surface area contributed by atoms with Gasteiger partial charge in [-0.2, -0.15) is 0 Å². The van der Waals surface area contributed by atoms with E-state index in [-0.39, 0.29) is 17.5 Å². The van der Waals surface area contributed by atoms with Crippen molar-refractivity contribution in [2.24, 2.45) is 4.36 Å². The van der Waals surface area contributed by atoms with Crippen molar-refractivity contribution in [3.05, 3.63) is 22.7 Å². The van der Waals surface area contributed by atoms with Gasteiger partial charge in [0.25, 0.3) is 0 Å². The lowest BCUT2D eigenvalue weighted by atomic mass is 10.2. The van der Waals surface area contributed by atoms with Gasteiger partial charge in [-0.3, -0.25) is 4.21 Å². The first-order valence-corrected chi connectivity index (χ1v) is 12.5. The molecule has 0 aliphatic rings. The molecule has 1 rings (SSSR count). The fourth-order valence-corrected chi connectivity index (χ4v) is 4.53. The van der Waals surface area contributed by atoms with E-state index in [4.69, 9.17) is 5.11 Å². The van der Waals surface area contributed by atoms with Crippen molar-refractivity contribution in [2.75, 3.05) is 37.5 Å². The molecule has 0 heterocycles. The van der Waals surface area contributed by atoms with Gasteiger partial charge in [-0.15, -0.1) is 0 Å². The number of nitrogens with one attached hydrogen (secondary N) is 2. The van der Waals surface area contributed by atoms with Crippen molar-refractivity contribution in [1.29, 1.82) is 0 Å². The van der Waals surface area contributed by atoms with Crippen LogP contribution in [-0.2, 0) is 19.8 Å². The first kappa shape index (κ1) is 22.4. The largest absolute Gasteiger partial charge is 0.396 e. The highest BCUT2D eigenvalue weighted by Gasteiger charge is 2.22. The van der Waals surface area contributed by atoms with Crippen molar-refractivity contribution in [3.63, 3.8) is 0 Å². The molecular weight excluding hydrogens is 430 g/mol. The van der Waals surface area contributed by atoms with Gasteiger partial charge < -0.3 is 10.4 Å². The minimum absolute atomic E-state index is 0.0821. The molecule has 0 spiro atoms. The Morgan fingerprint density at radius 2 is 1.96 bits per heavy atom. The molecule has 7 nitrogen and oxygen atoms in total. The molecule has 0 radical (unpaired) electrons. The first-order valence-electron chi connectivity index (χ1n) is 7.88. The van der Waals surface area contributed by atoms with Crippen molar-refractivity contribution in [3.8, 4) is 0 Å². The van der Waals surface area contributed by atoms with Crippen molar-refractivity contribution in [2.45, 2.75) is 30.7 Å². The second-order valence-corrected chi connectivity index (χ2v) is 11.1. The second-order valence-electron chi connectivity index (χ2n) is 5.84. The molecule has 0 aliphatic carbocycles. The van der Waals surface area contributed by atoms with E-state index >= 15 is 0 Å². The summed E-state index contributed by atoms with van der Waals surface area (Å²) in [4.78, 5) is 0.126. The topological polar surface area (TPSA) is 108 Å². The molecule has 25 heavy (non-hydrogen) atoms. The first-order chi connectivity index (χ1) is 11.6. The van der Waals surface area contributed by atoms with E-state index < -0.39 is 19.8 Å². The predicted molar refractivity (Wildman–Crippen MR) is 106 cm³/mol. The van der Waals surface area contributed by atoms with Crippen molar-refractivity contribution < 1.29 is 17.7 Å². The van der Waals surface area contributed by atoms with Crippen LogP contribution in [0, 0.1) is 0 Å². The Labute approximate surface area is 159 Å². The molecule has 10 heteroatoms. The maximum absolute atomic E-state index is 12.7. The zero-order valence-corrected chi connectivity index (χ0v) is 17.9. The Hall–Kier alpha value is -0.680. The molecule has 0 bridgehead atoms. The summed E-state index contributed by atoms with van der Waals surface area (Å²) in [5, 5.41) is 12.1. The van der Waals surface area contributed by atoms with Gasteiger partial charge in [0.15, 0.2) is 0 Å². The minimum atomic E-state index is -3.74. The average molecular weight is 456 g/mol. The molecule has 0 aromatic heterocycles. The predicted octanol–water partition coefficient (Wildman–Crippen LogP) is 2.03. The van der Waals surface area contributed by atoms with Crippen LogP contribution in [0.5, 0.6) is 0 Å². The summed E-state index contributed by atoms with van der Waals surface area (Å²) < 4.78 is 44.3. The zero-order chi connectivity index (χ0) is 19.1. The number of sulfonamides is 1. The highest BCUT2D eigenvalue weighted by molar-refractivity contribution is 9.10. The van der Waals surface area contributed by atoms with Gasteiger partial charge in [0, 0.05) is 45.9 Å². The van der Waals surface area contributed by atoms with E-state index in [0.717, 1.165) is 4.47 Å². The van der Waals surface area contributed by atoms with Crippen LogP contribution in [0.2, 0.25) is 0 Å². The van der Waals surface area contributed by atoms with Crippen LogP contribution in [-0.4, -0.2) is 56.0 Å². The van der Waals surface area contributed by atoms with E-state index in [1.54, 1.807) is 24.6 Å². The zero-order valence-electron chi connectivity index (χ0n) is 14.7. The number of hydrogen-bond acceptors (Lipinski definition) is 6. The standard InChI is InChI=1S/C15H26BrN3O4S2/c1-4-13(7-10-20)19-25(22,23)15-6-5-12(16)11-14(15)17-8-9-18-24(2,3)21/h5-6,11,13,17,19-20H,4,7-10H2,1-3H3. The molecule has 1 atom stereocenters. The third-order valence-electron chi connectivity index (χ3n) is 3.35. The number of hydrogen-bond donors (Lipinski definition) is 3. The monoisotopic (exact) mass is 455 g/mol. The molecule has 1 aromatic carbocycles. The van der Waals surface area contributed by atoms with E-state index in [2.05, 4.69) is 30.3 Å². The Kier molecular flexibility index (Phi) is 8.82. The Balaban J connectivity index is 3.00. The minimum Gasteiger partial charge on any atom is -0.396 e. The van der Waals surface area contributed by atoms with Crippen LogP contribution >= 0.6 is 15.9 Å². The lowest BCUT2D eigenvalue weighted by molar-refractivity contribution is 0.270. The molecule has 144 valence electrons. The van der Waals surface area contributed by atoms with Gasteiger partial charge >= 0.3 is 0 Å².